The zero-order valence-corrected chi connectivity index (χ0v) is 9.80. The van der Waals surface area contributed by atoms with Crippen molar-refractivity contribution in [2.45, 2.75) is 26.2 Å². The van der Waals surface area contributed by atoms with Crippen LogP contribution in [0.1, 0.15) is 30.5 Å². The number of carbonyl (C=O) groups excluding carboxylic acids is 1. The van der Waals surface area contributed by atoms with Gasteiger partial charge in [0.1, 0.15) is 6.61 Å². The summed E-state index contributed by atoms with van der Waals surface area (Å²) < 4.78 is 0. The molecule has 0 saturated heterocycles. The van der Waals surface area contributed by atoms with E-state index in [1.54, 1.807) is 11.3 Å². The Morgan fingerprint density at radius 3 is 2.93 bits per heavy atom. The van der Waals surface area contributed by atoms with Crippen LogP contribution < -0.4 is 5.32 Å². The van der Waals surface area contributed by atoms with Gasteiger partial charge in [0.05, 0.1) is 10.7 Å². The SMILES string of the molecule is CC(C)c1nc(CCNC(=O)CO)cs1. The molecule has 1 aromatic rings. The molecule has 0 saturated carbocycles. The molecule has 0 aliphatic heterocycles. The number of hydrogen-bond acceptors (Lipinski definition) is 4. The van der Waals surface area contributed by atoms with E-state index in [9.17, 15) is 4.79 Å². The maximum absolute atomic E-state index is 10.7. The van der Waals surface area contributed by atoms with Crippen molar-refractivity contribution in [3.8, 4) is 0 Å². The summed E-state index contributed by atoms with van der Waals surface area (Å²) in [6.45, 7) is 4.29. The molecule has 0 fully saturated rings. The minimum atomic E-state index is -0.450. The fourth-order valence-electron chi connectivity index (χ4n) is 1.09. The molecule has 0 aliphatic carbocycles. The first-order valence-electron chi connectivity index (χ1n) is 4.95. The lowest BCUT2D eigenvalue weighted by atomic mass is 10.2. The molecule has 0 atom stereocenters. The fourth-order valence-corrected chi connectivity index (χ4v) is 1.96. The van der Waals surface area contributed by atoms with Gasteiger partial charge in [-0.2, -0.15) is 0 Å². The number of thiazole rings is 1. The largest absolute Gasteiger partial charge is 0.387 e. The summed E-state index contributed by atoms with van der Waals surface area (Å²) in [6.07, 6.45) is 0.717. The van der Waals surface area contributed by atoms with Crippen molar-refractivity contribution in [3.05, 3.63) is 16.1 Å². The van der Waals surface area contributed by atoms with Crippen LogP contribution in [0.4, 0.5) is 0 Å². The number of aliphatic hydroxyl groups excluding tert-OH is 1. The standard InChI is InChI=1S/C10H16N2O2S/c1-7(2)10-12-8(6-15-10)3-4-11-9(14)5-13/h6-7,13H,3-5H2,1-2H3,(H,11,14). The van der Waals surface area contributed by atoms with E-state index in [1.165, 1.54) is 0 Å². The molecule has 0 unspecified atom stereocenters. The van der Waals surface area contributed by atoms with Gasteiger partial charge in [0, 0.05) is 24.3 Å². The lowest BCUT2D eigenvalue weighted by Gasteiger charge is -2.00. The summed E-state index contributed by atoms with van der Waals surface area (Å²) in [5, 5.41) is 14.2. The Morgan fingerprint density at radius 1 is 1.67 bits per heavy atom. The van der Waals surface area contributed by atoms with E-state index in [4.69, 9.17) is 5.11 Å². The highest BCUT2D eigenvalue weighted by atomic mass is 32.1. The number of rotatable bonds is 5. The van der Waals surface area contributed by atoms with E-state index >= 15 is 0 Å². The van der Waals surface area contributed by atoms with Crippen LogP contribution in [0.5, 0.6) is 0 Å². The molecule has 0 spiro atoms. The van der Waals surface area contributed by atoms with E-state index in [2.05, 4.69) is 24.1 Å². The third kappa shape index (κ3) is 3.97. The lowest BCUT2D eigenvalue weighted by molar-refractivity contribution is -0.123. The molecule has 84 valence electrons. The second-order valence-corrected chi connectivity index (χ2v) is 4.48. The maximum atomic E-state index is 10.7. The highest BCUT2D eigenvalue weighted by Crippen LogP contribution is 2.19. The number of hydrogen-bond donors (Lipinski definition) is 2. The monoisotopic (exact) mass is 228 g/mol. The Balaban J connectivity index is 2.34. The van der Waals surface area contributed by atoms with Gasteiger partial charge in [-0.15, -0.1) is 11.3 Å². The summed E-state index contributed by atoms with van der Waals surface area (Å²) >= 11 is 1.65. The summed E-state index contributed by atoms with van der Waals surface area (Å²) in [6, 6.07) is 0. The summed E-state index contributed by atoms with van der Waals surface area (Å²) in [4.78, 5) is 15.2. The minimum Gasteiger partial charge on any atom is -0.387 e. The molecule has 15 heavy (non-hydrogen) atoms. The van der Waals surface area contributed by atoms with Gasteiger partial charge in [-0.1, -0.05) is 13.8 Å². The molecular weight excluding hydrogens is 212 g/mol. The molecule has 5 heteroatoms. The Labute approximate surface area is 93.4 Å². The van der Waals surface area contributed by atoms with Crippen molar-refractivity contribution < 1.29 is 9.90 Å². The first-order chi connectivity index (χ1) is 7.13. The average molecular weight is 228 g/mol. The van der Waals surface area contributed by atoms with Crippen LogP contribution in [0, 0.1) is 0 Å². The normalized spacial score (nSPS) is 10.7. The average Bonchev–Trinajstić information content (AvgIpc) is 2.66. The van der Waals surface area contributed by atoms with Crippen LogP contribution >= 0.6 is 11.3 Å². The molecule has 0 aromatic carbocycles. The number of carbonyl (C=O) groups is 1. The molecule has 0 bridgehead atoms. The Kier molecular flexibility index (Phi) is 4.71. The summed E-state index contributed by atoms with van der Waals surface area (Å²) in [5.74, 6) is 0.116. The molecule has 1 rings (SSSR count). The van der Waals surface area contributed by atoms with E-state index in [1.807, 2.05) is 5.38 Å². The molecule has 0 aliphatic rings. The van der Waals surface area contributed by atoms with Gasteiger partial charge in [0.25, 0.3) is 0 Å². The number of nitrogens with zero attached hydrogens (tertiary/aromatic N) is 1. The second kappa shape index (κ2) is 5.82. The van der Waals surface area contributed by atoms with E-state index in [0.29, 0.717) is 12.5 Å². The van der Waals surface area contributed by atoms with Crippen LogP contribution in [0.3, 0.4) is 0 Å². The first-order valence-corrected chi connectivity index (χ1v) is 5.83. The predicted molar refractivity (Wildman–Crippen MR) is 60.0 cm³/mol. The van der Waals surface area contributed by atoms with E-state index < -0.39 is 6.61 Å². The number of amides is 1. The third-order valence-corrected chi connectivity index (χ3v) is 3.10. The van der Waals surface area contributed by atoms with Crippen LogP contribution in [0.15, 0.2) is 5.38 Å². The summed E-state index contributed by atoms with van der Waals surface area (Å²) in [5.41, 5.74) is 1.00. The van der Waals surface area contributed by atoms with Crippen molar-refractivity contribution in [2.24, 2.45) is 0 Å². The minimum absolute atomic E-state index is 0.339. The quantitative estimate of drug-likeness (QED) is 0.787. The Hall–Kier alpha value is -0.940. The molecule has 1 aromatic heterocycles. The predicted octanol–water partition coefficient (Wildman–Crippen LogP) is 0.917. The molecular formula is C10H16N2O2S. The van der Waals surface area contributed by atoms with Crippen molar-refractivity contribution in [1.29, 1.82) is 0 Å². The van der Waals surface area contributed by atoms with Gasteiger partial charge >= 0.3 is 0 Å². The van der Waals surface area contributed by atoms with E-state index in [-0.39, 0.29) is 5.91 Å². The van der Waals surface area contributed by atoms with Crippen LogP contribution in [-0.2, 0) is 11.2 Å². The Morgan fingerprint density at radius 2 is 2.40 bits per heavy atom. The summed E-state index contributed by atoms with van der Waals surface area (Å²) in [7, 11) is 0. The maximum Gasteiger partial charge on any atom is 0.245 e. The highest BCUT2D eigenvalue weighted by molar-refractivity contribution is 7.09. The van der Waals surface area contributed by atoms with Gasteiger partial charge in [-0.25, -0.2) is 4.98 Å². The van der Waals surface area contributed by atoms with Crippen molar-refractivity contribution in [1.82, 2.24) is 10.3 Å². The lowest BCUT2D eigenvalue weighted by Crippen LogP contribution is -2.28. The highest BCUT2D eigenvalue weighted by Gasteiger charge is 2.05. The van der Waals surface area contributed by atoms with Gasteiger partial charge < -0.3 is 10.4 Å². The van der Waals surface area contributed by atoms with Crippen molar-refractivity contribution >= 4 is 17.2 Å². The number of nitrogens with one attached hydrogen (secondary N) is 1. The van der Waals surface area contributed by atoms with Gasteiger partial charge in [-0.3, -0.25) is 4.79 Å². The van der Waals surface area contributed by atoms with Gasteiger partial charge in [0.2, 0.25) is 5.91 Å². The zero-order valence-electron chi connectivity index (χ0n) is 8.99. The molecule has 1 heterocycles. The van der Waals surface area contributed by atoms with Crippen molar-refractivity contribution in [2.75, 3.05) is 13.2 Å². The smallest absolute Gasteiger partial charge is 0.245 e. The topological polar surface area (TPSA) is 62.2 Å². The Bertz CT molecular complexity index is 323. The van der Waals surface area contributed by atoms with Gasteiger partial charge in [-0.05, 0) is 0 Å². The van der Waals surface area contributed by atoms with Crippen LogP contribution in [0.25, 0.3) is 0 Å². The number of aromatic nitrogens is 1. The second-order valence-electron chi connectivity index (χ2n) is 3.59. The van der Waals surface area contributed by atoms with E-state index in [0.717, 1.165) is 17.1 Å². The van der Waals surface area contributed by atoms with Crippen LogP contribution in [0.2, 0.25) is 0 Å². The molecule has 4 nitrogen and oxygen atoms in total. The van der Waals surface area contributed by atoms with Crippen molar-refractivity contribution in [3.63, 3.8) is 0 Å². The first kappa shape index (κ1) is 12.1. The molecule has 1 amide bonds. The van der Waals surface area contributed by atoms with Crippen LogP contribution in [-0.4, -0.2) is 29.1 Å². The number of aliphatic hydroxyl groups is 1. The molecule has 0 radical (unpaired) electrons. The van der Waals surface area contributed by atoms with Gasteiger partial charge in [0.15, 0.2) is 0 Å². The third-order valence-electron chi connectivity index (χ3n) is 1.91. The fraction of sp³-hybridized carbons (Fsp3) is 0.600. The molecule has 2 N–H and O–H groups in total. The zero-order chi connectivity index (χ0) is 11.3.